The number of hydrogen-bond acceptors (Lipinski definition) is 3. The van der Waals surface area contributed by atoms with Crippen LogP contribution in [0.3, 0.4) is 0 Å². The Morgan fingerprint density at radius 1 is 1.24 bits per heavy atom. The van der Waals surface area contributed by atoms with Crippen LogP contribution in [0, 0.1) is 11.3 Å². The van der Waals surface area contributed by atoms with Crippen LogP contribution in [0.2, 0.25) is 0 Å². The number of urea groups is 1. The second-order valence-corrected chi connectivity index (χ2v) is 7.71. The minimum atomic E-state index is -0.759. The van der Waals surface area contributed by atoms with Crippen molar-refractivity contribution in [2.45, 2.75) is 51.4 Å². The van der Waals surface area contributed by atoms with E-state index in [0.29, 0.717) is 39.0 Å². The molecule has 1 aliphatic carbocycles. The van der Waals surface area contributed by atoms with Gasteiger partial charge in [-0.2, -0.15) is 0 Å². The number of carbonyl (C=O) groups is 3. The second-order valence-electron chi connectivity index (χ2n) is 7.71. The van der Waals surface area contributed by atoms with Crippen molar-refractivity contribution in [1.82, 2.24) is 15.1 Å². The first kappa shape index (κ1) is 18.0. The van der Waals surface area contributed by atoms with Gasteiger partial charge in [0.1, 0.15) is 0 Å². The van der Waals surface area contributed by atoms with Gasteiger partial charge in [-0.15, -0.1) is 0 Å². The molecule has 0 radical (unpaired) electrons. The van der Waals surface area contributed by atoms with Gasteiger partial charge in [0.15, 0.2) is 0 Å². The predicted molar refractivity (Wildman–Crippen MR) is 92.0 cm³/mol. The molecule has 1 saturated carbocycles. The third-order valence-corrected chi connectivity index (χ3v) is 6.14. The number of amides is 3. The zero-order chi connectivity index (χ0) is 17.9. The van der Waals surface area contributed by atoms with Crippen LogP contribution < -0.4 is 5.32 Å². The molecule has 2 saturated heterocycles. The molecule has 0 aromatic carbocycles. The molecule has 2 aliphatic heterocycles. The third kappa shape index (κ3) is 3.75. The van der Waals surface area contributed by atoms with Gasteiger partial charge in [-0.1, -0.05) is 12.8 Å². The van der Waals surface area contributed by atoms with E-state index in [1.54, 1.807) is 4.90 Å². The van der Waals surface area contributed by atoms with Crippen LogP contribution in [0.15, 0.2) is 0 Å². The first-order valence-electron chi connectivity index (χ1n) is 9.57. The number of nitrogens with zero attached hydrogens (tertiary/aromatic N) is 2. The Hall–Kier alpha value is -1.79. The first-order chi connectivity index (χ1) is 12.0. The number of likely N-dealkylation sites (tertiary alicyclic amines) is 2. The van der Waals surface area contributed by atoms with Gasteiger partial charge in [0.2, 0.25) is 5.91 Å². The molecular formula is C18H29N3O4. The van der Waals surface area contributed by atoms with Crippen LogP contribution in [0.4, 0.5) is 4.79 Å². The van der Waals surface area contributed by atoms with Crippen LogP contribution in [0.25, 0.3) is 0 Å². The summed E-state index contributed by atoms with van der Waals surface area (Å²) < 4.78 is 0. The van der Waals surface area contributed by atoms with Crippen molar-refractivity contribution in [1.29, 1.82) is 0 Å². The topological polar surface area (TPSA) is 90.0 Å². The lowest BCUT2D eigenvalue weighted by atomic mass is 9.81. The van der Waals surface area contributed by atoms with Gasteiger partial charge < -0.3 is 20.2 Å². The maximum absolute atomic E-state index is 12.4. The highest BCUT2D eigenvalue weighted by Gasteiger charge is 2.55. The van der Waals surface area contributed by atoms with Crippen LogP contribution in [0.1, 0.15) is 51.4 Å². The van der Waals surface area contributed by atoms with E-state index in [1.807, 2.05) is 4.90 Å². The van der Waals surface area contributed by atoms with Gasteiger partial charge in [0, 0.05) is 39.1 Å². The molecule has 0 aromatic heterocycles. The summed E-state index contributed by atoms with van der Waals surface area (Å²) in [5.74, 6) is -0.449. The van der Waals surface area contributed by atoms with Crippen molar-refractivity contribution >= 4 is 17.9 Å². The minimum absolute atomic E-state index is 0.0884. The van der Waals surface area contributed by atoms with Gasteiger partial charge in [-0.05, 0) is 38.0 Å². The highest BCUT2D eigenvalue weighted by atomic mass is 16.4. The normalized spacial score (nSPS) is 29.4. The van der Waals surface area contributed by atoms with Crippen molar-refractivity contribution in [2.75, 3.05) is 32.7 Å². The number of carboxylic acids is 1. The van der Waals surface area contributed by atoms with E-state index in [4.69, 9.17) is 0 Å². The number of nitrogens with one attached hydrogen (secondary N) is 1. The van der Waals surface area contributed by atoms with Gasteiger partial charge in [-0.25, -0.2) is 4.79 Å². The molecule has 3 amide bonds. The van der Waals surface area contributed by atoms with Crippen LogP contribution >= 0.6 is 0 Å². The highest BCUT2D eigenvalue weighted by Crippen LogP contribution is 2.48. The zero-order valence-electron chi connectivity index (χ0n) is 14.8. The van der Waals surface area contributed by atoms with E-state index in [0.717, 1.165) is 45.1 Å². The molecule has 3 rings (SSSR count). The number of rotatable bonds is 5. The monoisotopic (exact) mass is 351 g/mol. The summed E-state index contributed by atoms with van der Waals surface area (Å²) in [6.07, 6.45) is 7.04. The summed E-state index contributed by atoms with van der Waals surface area (Å²) in [5, 5.41) is 12.5. The molecule has 2 atom stereocenters. The number of carbonyl (C=O) groups excluding carboxylic acids is 2. The van der Waals surface area contributed by atoms with Crippen molar-refractivity contribution < 1.29 is 19.5 Å². The molecule has 2 heterocycles. The summed E-state index contributed by atoms with van der Waals surface area (Å²) in [6.45, 7) is 2.89. The number of fused-ring (bicyclic) bond motifs is 1. The fourth-order valence-corrected chi connectivity index (χ4v) is 4.65. The zero-order valence-corrected chi connectivity index (χ0v) is 14.8. The molecule has 2 N–H and O–H groups in total. The maximum atomic E-state index is 12.4. The summed E-state index contributed by atoms with van der Waals surface area (Å²) in [4.78, 5) is 39.5. The number of carboxylic acid groups (broad SMARTS) is 1. The Labute approximate surface area is 148 Å². The van der Waals surface area contributed by atoms with E-state index >= 15 is 0 Å². The molecule has 25 heavy (non-hydrogen) atoms. The quantitative estimate of drug-likeness (QED) is 0.738. The fourth-order valence-electron chi connectivity index (χ4n) is 4.65. The summed E-state index contributed by atoms with van der Waals surface area (Å²) in [7, 11) is 0. The van der Waals surface area contributed by atoms with E-state index in [-0.39, 0.29) is 17.9 Å². The third-order valence-electron chi connectivity index (χ3n) is 6.14. The van der Waals surface area contributed by atoms with Gasteiger partial charge in [0.25, 0.3) is 0 Å². The smallest absolute Gasteiger partial charge is 0.317 e. The van der Waals surface area contributed by atoms with Crippen molar-refractivity contribution in [3.05, 3.63) is 0 Å². The van der Waals surface area contributed by atoms with Gasteiger partial charge in [-0.3, -0.25) is 9.59 Å². The van der Waals surface area contributed by atoms with Crippen molar-refractivity contribution in [3.8, 4) is 0 Å². The molecule has 0 unspecified atom stereocenters. The fraction of sp³-hybridized carbons (Fsp3) is 0.833. The lowest BCUT2D eigenvalue weighted by molar-refractivity contribution is -0.149. The predicted octanol–water partition coefficient (Wildman–Crippen LogP) is 1.68. The lowest BCUT2D eigenvalue weighted by Gasteiger charge is -2.24. The van der Waals surface area contributed by atoms with Gasteiger partial charge >= 0.3 is 12.0 Å². The standard InChI is InChI=1S/C18H29N3O4/c22-15-7-2-1-3-10-20(15)11-5-9-19-17(25)21-12-14-6-4-8-18(14,13-21)16(23)24/h14H,1-13H2,(H,19,25)(H,23,24)/t14-,18+/m0/s1. The highest BCUT2D eigenvalue weighted by molar-refractivity contribution is 5.80. The Morgan fingerprint density at radius 3 is 2.84 bits per heavy atom. The van der Waals surface area contributed by atoms with Crippen LogP contribution in [-0.4, -0.2) is 65.5 Å². The average molecular weight is 351 g/mol. The Kier molecular flexibility index (Phi) is 5.49. The molecule has 0 bridgehead atoms. The van der Waals surface area contributed by atoms with Gasteiger partial charge in [0.05, 0.1) is 5.41 Å². The van der Waals surface area contributed by atoms with E-state index in [1.165, 1.54) is 0 Å². The molecular weight excluding hydrogens is 322 g/mol. The molecule has 0 aromatic rings. The molecule has 3 aliphatic rings. The Bertz CT molecular complexity index is 538. The Balaban J connectivity index is 1.41. The van der Waals surface area contributed by atoms with Crippen molar-refractivity contribution in [2.24, 2.45) is 11.3 Å². The van der Waals surface area contributed by atoms with Crippen molar-refractivity contribution in [3.63, 3.8) is 0 Å². The number of hydrogen-bond donors (Lipinski definition) is 2. The molecule has 0 spiro atoms. The van der Waals surface area contributed by atoms with E-state index in [2.05, 4.69) is 5.32 Å². The molecule has 7 nitrogen and oxygen atoms in total. The summed E-state index contributed by atoms with van der Waals surface area (Å²) >= 11 is 0. The minimum Gasteiger partial charge on any atom is -0.481 e. The molecule has 140 valence electrons. The number of aliphatic carboxylic acids is 1. The van der Waals surface area contributed by atoms with Crippen LogP contribution in [0.5, 0.6) is 0 Å². The summed E-state index contributed by atoms with van der Waals surface area (Å²) in [6, 6.07) is -0.169. The molecule has 3 fully saturated rings. The Morgan fingerprint density at radius 2 is 2.08 bits per heavy atom. The maximum Gasteiger partial charge on any atom is 0.317 e. The van der Waals surface area contributed by atoms with E-state index < -0.39 is 11.4 Å². The lowest BCUT2D eigenvalue weighted by Crippen LogP contribution is -2.42. The van der Waals surface area contributed by atoms with Crippen LogP contribution in [-0.2, 0) is 9.59 Å². The average Bonchev–Trinajstić information content (AvgIpc) is 3.07. The second kappa shape index (κ2) is 7.62. The largest absolute Gasteiger partial charge is 0.481 e. The SMILES string of the molecule is O=C1CCCCCN1CCCNC(=O)N1C[C@@H]2CCC[C@@]2(C(=O)O)C1. The molecule has 7 heteroatoms. The summed E-state index contributed by atoms with van der Waals surface area (Å²) in [5.41, 5.74) is -0.726. The van der Waals surface area contributed by atoms with E-state index in [9.17, 15) is 19.5 Å². The first-order valence-corrected chi connectivity index (χ1v) is 9.57.